The predicted molar refractivity (Wildman–Crippen MR) is 80.4 cm³/mol. The van der Waals surface area contributed by atoms with E-state index < -0.39 is 0 Å². The van der Waals surface area contributed by atoms with Gasteiger partial charge in [0, 0.05) is 12.0 Å². The molecule has 0 aromatic heterocycles. The second-order valence-electron chi connectivity index (χ2n) is 5.67. The summed E-state index contributed by atoms with van der Waals surface area (Å²) in [6.07, 6.45) is 3.96. The minimum atomic E-state index is 0.408. The van der Waals surface area contributed by atoms with Crippen LogP contribution in [0.3, 0.4) is 0 Å². The largest absolute Gasteiger partial charge is 0.378 e. The van der Waals surface area contributed by atoms with E-state index in [0.29, 0.717) is 18.1 Å². The highest BCUT2D eigenvalue weighted by molar-refractivity contribution is 5.26. The molecule has 0 amide bonds. The van der Waals surface area contributed by atoms with Gasteiger partial charge in [-0.3, -0.25) is 0 Å². The maximum absolute atomic E-state index is 5.74. The smallest absolute Gasteiger partial charge is 0.0551 e. The van der Waals surface area contributed by atoms with Crippen molar-refractivity contribution in [3.63, 3.8) is 0 Å². The second kappa shape index (κ2) is 7.06. The Morgan fingerprint density at radius 3 is 2.53 bits per heavy atom. The Kier molecular flexibility index (Phi) is 5.41. The normalized spacial score (nSPS) is 24.6. The number of nitrogens with one attached hydrogen (secondary N) is 1. The van der Waals surface area contributed by atoms with Crippen LogP contribution >= 0.6 is 0 Å². The molecule has 0 saturated carbocycles. The fraction of sp³-hybridized carbons (Fsp3) is 0.647. The molecule has 0 bridgehead atoms. The maximum Gasteiger partial charge on any atom is 0.0551 e. The number of ether oxygens (including phenoxy) is 1. The van der Waals surface area contributed by atoms with E-state index in [-0.39, 0.29) is 0 Å². The quantitative estimate of drug-likeness (QED) is 0.843. The van der Waals surface area contributed by atoms with Gasteiger partial charge in [-0.15, -0.1) is 0 Å². The third kappa shape index (κ3) is 3.80. The van der Waals surface area contributed by atoms with Crippen molar-refractivity contribution in [3.05, 3.63) is 35.4 Å². The molecule has 1 fully saturated rings. The van der Waals surface area contributed by atoms with Gasteiger partial charge in [-0.05, 0) is 37.4 Å². The Labute approximate surface area is 117 Å². The van der Waals surface area contributed by atoms with Gasteiger partial charge in [0.05, 0.1) is 12.7 Å². The van der Waals surface area contributed by atoms with Crippen LogP contribution in [0.25, 0.3) is 0 Å². The molecule has 3 unspecified atom stereocenters. The van der Waals surface area contributed by atoms with E-state index in [1.54, 1.807) is 0 Å². The molecule has 1 saturated heterocycles. The zero-order valence-electron chi connectivity index (χ0n) is 12.5. The van der Waals surface area contributed by atoms with Crippen molar-refractivity contribution in [3.8, 4) is 0 Å². The first-order valence-corrected chi connectivity index (χ1v) is 7.68. The standard InChI is InChI=1S/C17H27NO/c1-4-6-14-7-9-15(10-8-14)17(18-5-2)16-11-13(3)19-12-16/h7-10,13,16-18H,4-6,11-12H2,1-3H3. The van der Waals surface area contributed by atoms with E-state index in [4.69, 9.17) is 4.74 Å². The number of aryl methyl sites for hydroxylation is 1. The first-order chi connectivity index (χ1) is 9.24. The van der Waals surface area contributed by atoms with Crippen LogP contribution in [0, 0.1) is 5.92 Å². The van der Waals surface area contributed by atoms with Crippen LogP contribution in [0.4, 0.5) is 0 Å². The molecule has 2 rings (SSSR count). The van der Waals surface area contributed by atoms with E-state index in [9.17, 15) is 0 Å². The first kappa shape index (κ1) is 14.5. The van der Waals surface area contributed by atoms with Crippen LogP contribution in [-0.2, 0) is 11.2 Å². The molecule has 1 heterocycles. The Bertz CT molecular complexity index is 373. The lowest BCUT2D eigenvalue weighted by atomic mass is 9.90. The second-order valence-corrected chi connectivity index (χ2v) is 5.67. The molecule has 0 radical (unpaired) electrons. The number of hydrogen-bond acceptors (Lipinski definition) is 2. The predicted octanol–water partition coefficient (Wildman–Crippen LogP) is 3.71. The highest BCUT2D eigenvalue weighted by Crippen LogP contribution is 2.31. The molecule has 3 atom stereocenters. The number of benzene rings is 1. The summed E-state index contributed by atoms with van der Waals surface area (Å²) in [5, 5.41) is 3.63. The molecule has 0 aliphatic carbocycles. The summed E-state index contributed by atoms with van der Waals surface area (Å²) in [5.41, 5.74) is 2.85. The van der Waals surface area contributed by atoms with Crippen LogP contribution in [0.1, 0.15) is 50.8 Å². The third-order valence-corrected chi connectivity index (χ3v) is 4.00. The molecule has 1 aromatic carbocycles. The fourth-order valence-corrected chi connectivity index (χ4v) is 3.04. The summed E-state index contributed by atoms with van der Waals surface area (Å²) in [4.78, 5) is 0. The van der Waals surface area contributed by atoms with Gasteiger partial charge < -0.3 is 10.1 Å². The minimum absolute atomic E-state index is 0.408. The van der Waals surface area contributed by atoms with E-state index in [1.807, 2.05) is 0 Å². The molecule has 1 aliphatic rings. The van der Waals surface area contributed by atoms with Crippen LogP contribution < -0.4 is 5.32 Å². The zero-order chi connectivity index (χ0) is 13.7. The highest BCUT2D eigenvalue weighted by Gasteiger charge is 2.29. The lowest BCUT2D eigenvalue weighted by molar-refractivity contribution is 0.117. The van der Waals surface area contributed by atoms with Gasteiger partial charge >= 0.3 is 0 Å². The summed E-state index contributed by atoms with van der Waals surface area (Å²) in [7, 11) is 0. The van der Waals surface area contributed by atoms with E-state index >= 15 is 0 Å². The van der Waals surface area contributed by atoms with Gasteiger partial charge in [0.25, 0.3) is 0 Å². The fourth-order valence-electron chi connectivity index (χ4n) is 3.04. The molecular weight excluding hydrogens is 234 g/mol. The molecule has 106 valence electrons. The van der Waals surface area contributed by atoms with Crippen molar-refractivity contribution in [2.24, 2.45) is 5.92 Å². The van der Waals surface area contributed by atoms with Gasteiger partial charge in [0.1, 0.15) is 0 Å². The lowest BCUT2D eigenvalue weighted by Gasteiger charge is -2.24. The van der Waals surface area contributed by atoms with Crippen LogP contribution in [0.2, 0.25) is 0 Å². The Morgan fingerprint density at radius 1 is 1.26 bits per heavy atom. The van der Waals surface area contributed by atoms with Gasteiger partial charge in [-0.2, -0.15) is 0 Å². The number of rotatable bonds is 6. The Morgan fingerprint density at radius 2 is 2.00 bits per heavy atom. The van der Waals surface area contributed by atoms with Gasteiger partial charge in [-0.25, -0.2) is 0 Å². The van der Waals surface area contributed by atoms with E-state index in [2.05, 4.69) is 50.4 Å². The summed E-state index contributed by atoms with van der Waals surface area (Å²) in [6, 6.07) is 9.58. The van der Waals surface area contributed by atoms with Crippen molar-refractivity contribution < 1.29 is 4.74 Å². The van der Waals surface area contributed by atoms with E-state index in [1.165, 1.54) is 24.0 Å². The first-order valence-electron chi connectivity index (χ1n) is 7.68. The summed E-state index contributed by atoms with van der Waals surface area (Å²) in [5.74, 6) is 0.604. The van der Waals surface area contributed by atoms with Crippen molar-refractivity contribution in [2.45, 2.75) is 52.2 Å². The average molecular weight is 261 g/mol. The molecule has 1 aliphatic heterocycles. The topological polar surface area (TPSA) is 21.3 Å². The van der Waals surface area contributed by atoms with E-state index in [0.717, 1.165) is 19.6 Å². The molecule has 1 aromatic rings. The van der Waals surface area contributed by atoms with Crippen molar-refractivity contribution in [1.82, 2.24) is 5.32 Å². The monoisotopic (exact) mass is 261 g/mol. The molecule has 19 heavy (non-hydrogen) atoms. The maximum atomic E-state index is 5.74. The van der Waals surface area contributed by atoms with Gasteiger partial charge in [-0.1, -0.05) is 44.5 Å². The molecule has 2 nitrogen and oxygen atoms in total. The van der Waals surface area contributed by atoms with Crippen molar-refractivity contribution in [1.29, 1.82) is 0 Å². The number of hydrogen-bond donors (Lipinski definition) is 1. The average Bonchev–Trinajstić information content (AvgIpc) is 2.84. The van der Waals surface area contributed by atoms with Crippen LogP contribution in [0.5, 0.6) is 0 Å². The lowest BCUT2D eigenvalue weighted by Crippen LogP contribution is -2.28. The zero-order valence-corrected chi connectivity index (χ0v) is 12.5. The highest BCUT2D eigenvalue weighted by atomic mass is 16.5. The Balaban J connectivity index is 2.09. The SMILES string of the molecule is CCCc1ccc(C(NCC)C2COC(C)C2)cc1. The molecule has 1 N–H and O–H groups in total. The molecular formula is C17H27NO. The Hall–Kier alpha value is -0.860. The minimum Gasteiger partial charge on any atom is -0.378 e. The molecule has 0 spiro atoms. The summed E-state index contributed by atoms with van der Waals surface area (Å²) in [6.45, 7) is 8.47. The third-order valence-electron chi connectivity index (χ3n) is 4.00. The summed E-state index contributed by atoms with van der Waals surface area (Å²) >= 11 is 0. The van der Waals surface area contributed by atoms with Gasteiger partial charge in [0.2, 0.25) is 0 Å². The molecule has 2 heteroatoms. The summed E-state index contributed by atoms with van der Waals surface area (Å²) < 4.78 is 5.74. The van der Waals surface area contributed by atoms with Crippen LogP contribution in [-0.4, -0.2) is 19.3 Å². The van der Waals surface area contributed by atoms with Crippen molar-refractivity contribution in [2.75, 3.05) is 13.2 Å². The van der Waals surface area contributed by atoms with Crippen LogP contribution in [0.15, 0.2) is 24.3 Å². The van der Waals surface area contributed by atoms with Gasteiger partial charge in [0.15, 0.2) is 0 Å². The van der Waals surface area contributed by atoms with Crippen molar-refractivity contribution >= 4 is 0 Å².